The Hall–Kier alpha value is -1.31. The lowest BCUT2D eigenvalue weighted by Crippen LogP contribution is -2.22. The SMILES string of the molecule is CCC(C)(C)c1ccc(OC(C)C[C]=O)c(C(C)(C)CC)c1. The molecule has 0 aliphatic rings. The molecule has 0 amide bonds. The molecule has 1 atom stereocenters. The van der Waals surface area contributed by atoms with Crippen molar-refractivity contribution in [3.63, 3.8) is 0 Å². The fourth-order valence-electron chi connectivity index (χ4n) is 2.35. The zero-order valence-electron chi connectivity index (χ0n) is 15.2. The van der Waals surface area contributed by atoms with Crippen LogP contribution < -0.4 is 4.74 Å². The van der Waals surface area contributed by atoms with Crippen LogP contribution in [-0.2, 0) is 15.6 Å². The molecular weight excluding hydrogens is 272 g/mol. The van der Waals surface area contributed by atoms with Gasteiger partial charge < -0.3 is 4.74 Å². The fraction of sp³-hybridized carbons (Fsp3) is 0.650. The highest BCUT2D eigenvalue weighted by Crippen LogP contribution is 2.38. The minimum Gasteiger partial charge on any atom is -0.490 e. The minimum atomic E-state index is -0.144. The Kier molecular flexibility index (Phi) is 6.22. The van der Waals surface area contributed by atoms with Crippen LogP contribution >= 0.6 is 0 Å². The maximum absolute atomic E-state index is 10.6. The van der Waals surface area contributed by atoms with Crippen LogP contribution in [0.5, 0.6) is 5.75 Å². The van der Waals surface area contributed by atoms with E-state index in [1.807, 2.05) is 13.2 Å². The van der Waals surface area contributed by atoms with E-state index in [0.29, 0.717) is 6.42 Å². The van der Waals surface area contributed by atoms with Crippen LogP contribution in [0.15, 0.2) is 18.2 Å². The van der Waals surface area contributed by atoms with Gasteiger partial charge in [0.15, 0.2) is 0 Å². The molecule has 0 heterocycles. The van der Waals surface area contributed by atoms with Gasteiger partial charge in [0.05, 0.1) is 6.42 Å². The Morgan fingerprint density at radius 3 is 2.18 bits per heavy atom. The van der Waals surface area contributed by atoms with E-state index in [1.165, 1.54) is 11.1 Å². The third-order valence-electron chi connectivity index (χ3n) is 4.96. The Morgan fingerprint density at radius 2 is 1.68 bits per heavy atom. The molecule has 0 spiro atoms. The standard InChI is InChI=1S/C20H31O2/c1-8-19(4,5)16-10-11-18(22-15(3)12-13-21)17(14-16)20(6,7)9-2/h10-11,14-15H,8-9,12H2,1-7H3. The largest absolute Gasteiger partial charge is 0.490 e. The van der Waals surface area contributed by atoms with E-state index >= 15 is 0 Å². The zero-order chi connectivity index (χ0) is 17.0. The summed E-state index contributed by atoms with van der Waals surface area (Å²) in [4.78, 5) is 10.6. The molecule has 1 aromatic carbocycles. The lowest BCUT2D eigenvalue weighted by atomic mass is 9.76. The monoisotopic (exact) mass is 303 g/mol. The van der Waals surface area contributed by atoms with E-state index in [-0.39, 0.29) is 16.9 Å². The molecule has 1 radical (unpaired) electrons. The Morgan fingerprint density at radius 1 is 1.09 bits per heavy atom. The average molecular weight is 303 g/mol. The summed E-state index contributed by atoms with van der Waals surface area (Å²) < 4.78 is 6.01. The van der Waals surface area contributed by atoms with Crippen LogP contribution in [0.3, 0.4) is 0 Å². The second-order valence-electron chi connectivity index (χ2n) is 7.46. The Labute approximate surface area is 136 Å². The highest BCUT2D eigenvalue weighted by atomic mass is 16.5. The highest BCUT2D eigenvalue weighted by Gasteiger charge is 2.27. The van der Waals surface area contributed by atoms with E-state index in [0.717, 1.165) is 18.6 Å². The van der Waals surface area contributed by atoms with Crippen LogP contribution in [0.1, 0.15) is 78.9 Å². The molecule has 0 N–H and O–H groups in total. The van der Waals surface area contributed by atoms with Gasteiger partial charge in [-0.05, 0) is 42.2 Å². The first-order valence-electron chi connectivity index (χ1n) is 8.34. The number of rotatable bonds is 8. The first-order valence-corrected chi connectivity index (χ1v) is 8.34. The summed E-state index contributed by atoms with van der Waals surface area (Å²) in [5.41, 5.74) is 2.76. The molecular formula is C20H31O2. The molecule has 1 aromatic rings. The summed E-state index contributed by atoms with van der Waals surface area (Å²) in [5, 5.41) is 0. The van der Waals surface area contributed by atoms with E-state index < -0.39 is 0 Å². The molecule has 0 saturated carbocycles. The van der Waals surface area contributed by atoms with Gasteiger partial charge in [0.2, 0.25) is 6.29 Å². The van der Waals surface area contributed by atoms with Gasteiger partial charge in [-0.1, -0.05) is 53.7 Å². The topological polar surface area (TPSA) is 26.3 Å². The lowest BCUT2D eigenvalue weighted by Gasteiger charge is -2.31. The van der Waals surface area contributed by atoms with Gasteiger partial charge in [-0.15, -0.1) is 0 Å². The summed E-state index contributed by atoms with van der Waals surface area (Å²) >= 11 is 0. The molecule has 1 rings (SSSR count). The van der Waals surface area contributed by atoms with Crippen LogP contribution in [0, 0.1) is 0 Å². The molecule has 0 aliphatic heterocycles. The Bertz CT molecular complexity index is 500. The van der Waals surface area contributed by atoms with Crippen LogP contribution in [-0.4, -0.2) is 12.4 Å². The van der Waals surface area contributed by atoms with Gasteiger partial charge in [-0.3, -0.25) is 4.79 Å². The summed E-state index contributed by atoms with van der Waals surface area (Å²) in [6, 6.07) is 6.52. The molecule has 2 nitrogen and oxygen atoms in total. The van der Waals surface area contributed by atoms with Crippen LogP contribution in [0.2, 0.25) is 0 Å². The van der Waals surface area contributed by atoms with Gasteiger partial charge >= 0.3 is 0 Å². The molecule has 2 heteroatoms. The van der Waals surface area contributed by atoms with Gasteiger partial charge in [0.1, 0.15) is 11.9 Å². The molecule has 123 valence electrons. The van der Waals surface area contributed by atoms with Gasteiger partial charge in [-0.2, -0.15) is 0 Å². The minimum absolute atomic E-state index is 0.0414. The maximum atomic E-state index is 10.6. The number of carbonyl (C=O) groups excluding carboxylic acids is 1. The predicted molar refractivity (Wildman–Crippen MR) is 93.5 cm³/mol. The number of ether oxygens (including phenoxy) is 1. The normalized spacial score (nSPS) is 13.8. The van der Waals surface area contributed by atoms with Crippen LogP contribution in [0.25, 0.3) is 0 Å². The highest BCUT2D eigenvalue weighted by molar-refractivity contribution is 5.51. The van der Waals surface area contributed by atoms with Crippen molar-refractivity contribution in [1.82, 2.24) is 0 Å². The first-order chi connectivity index (χ1) is 10.2. The summed E-state index contributed by atoms with van der Waals surface area (Å²) in [6.07, 6.45) is 4.21. The molecule has 1 unspecified atom stereocenters. The summed E-state index contributed by atoms with van der Waals surface area (Å²) in [5.74, 6) is 0.894. The zero-order valence-corrected chi connectivity index (χ0v) is 15.2. The quantitative estimate of drug-likeness (QED) is 0.649. The van der Waals surface area contributed by atoms with Crippen molar-refractivity contribution in [3.05, 3.63) is 29.3 Å². The second-order valence-corrected chi connectivity index (χ2v) is 7.46. The Balaban J connectivity index is 3.30. The van der Waals surface area contributed by atoms with Crippen molar-refractivity contribution in [2.45, 2.75) is 84.7 Å². The molecule has 0 bridgehead atoms. The van der Waals surface area contributed by atoms with E-state index in [2.05, 4.69) is 59.7 Å². The molecule has 0 aromatic heterocycles. The summed E-state index contributed by atoms with van der Waals surface area (Å²) in [6.45, 7) is 15.4. The average Bonchev–Trinajstić information content (AvgIpc) is 2.47. The third kappa shape index (κ3) is 4.34. The first kappa shape index (κ1) is 18.7. The molecule has 22 heavy (non-hydrogen) atoms. The maximum Gasteiger partial charge on any atom is 0.202 e. The fourth-order valence-corrected chi connectivity index (χ4v) is 2.35. The third-order valence-corrected chi connectivity index (χ3v) is 4.96. The van der Waals surface area contributed by atoms with Gasteiger partial charge in [0.25, 0.3) is 0 Å². The van der Waals surface area contributed by atoms with E-state index in [4.69, 9.17) is 4.74 Å². The lowest BCUT2D eigenvalue weighted by molar-refractivity contribution is 0.222. The van der Waals surface area contributed by atoms with Crippen molar-refractivity contribution >= 4 is 6.29 Å². The number of hydrogen-bond donors (Lipinski definition) is 0. The number of benzene rings is 1. The van der Waals surface area contributed by atoms with Gasteiger partial charge in [-0.25, -0.2) is 0 Å². The number of hydrogen-bond acceptors (Lipinski definition) is 2. The second kappa shape index (κ2) is 7.30. The molecule has 0 fully saturated rings. The van der Waals surface area contributed by atoms with Gasteiger partial charge in [0, 0.05) is 5.56 Å². The van der Waals surface area contributed by atoms with Crippen LogP contribution in [0.4, 0.5) is 0 Å². The predicted octanol–water partition coefficient (Wildman–Crippen LogP) is 5.33. The van der Waals surface area contributed by atoms with Crippen molar-refractivity contribution in [3.8, 4) is 5.75 Å². The van der Waals surface area contributed by atoms with Crippen molar-refractivity contribution in [2.24, 2.45) is 0 Å². The van der Waals surface area contributed by atoms with E-state index in [9.17, 15) is 4.79 Å². The van der Waals surface area contributed by atoms with Crippen molar-refractivity contribution in [1.29, 1.82) is 0 Å². The van der Waals surface area contributed by atoms with Crippen molar-refractivity contribution < 1.29 is 9.53 Å². The summed E-state index contributed by atoms with van der Waals surface area (Å²) in [7, 11) is 0. The smallest absolute Gasteiger partial charge is 0.202 e. The molecule has 0 saturated heterocycles. The van der Waals surface area contributed by atoms with Crippen molar-refractivity contribution in [2.75, 3.05) is 0 Å². The van der Waals surface area contributed by atoms with E-state index in [1.54, 1.807) is 0 Å². The molecule has 0 aliphatic carbocycles.